The van der Waals surface area contributed by atoms with Gasteiger partial charge in [0, 0.05) is 42.5 Å². The summed E-state index contributed by atoms with van der Waals surface area (Å²) in [4.78, 5) is 49.9. The molecule has 0 bridgehead atoms. The zero-order chi connectivity index (χ0) is 21.5. The number of hydrogen-bond acceptors (Lipinski definition) is 6. The molecule has 0 saturated heterocycles. The Labute approximate surface area is 178 Å². The zero-order valence-corrected chi connectivity index (χ0v) is 17.6. The molecule has 0 heterocycles. The van der Waals surface area contributed by atoms with Gasteiger partial charge in [0.05, 0.1) is 12.0 Å². The van der Waals surface area contributed by atoms with Crippen LogP contribution in [0.15, 0.2) is 18.2 Å². The van der Waals surface area contributed by atoms with Gasteiger partial charge in [-0.2, -0.15) is 0 Å². The summed E-state index contributed by atoms with van der Waals surface area (Å²) in [6, 6.07) is 5.31. The molecule has 2 unspecified atom stereocenters. The fourth-order valence-corrected chi connectivity index (χ4v) is 4.64. The van der Waals surface area contributed by atoms with Crippen molar-refractivity contribution >= 4 is 28.8 Å². The van der Waals surface area contributed by atoms with Crippen molar-refractivity contribution in [2.45, 2.75) is 64.2 Å². The van der Waals surface area contributed by atoms with E-state index < -0.39 is 11.8 Å². The SMILES string of the molecule is NCCCCCCCCNc1cccc2c1C(=O)CC(C1CCC(=O)CC1=O)C2=O. The Kier molecular flexibility index (Phi) is 7.91. The summed E-state index contributed by atoms with van der Waals surface area (Å²) in [5.74, 6) is -1.64. The van der Waals surface area contributed by atoms with Crippen molar-refractivity contribution in [3.63, 3.8) is 0 Å². The van der Waals surface area contributed by atoms with Crippen LogP contribution >= 0.6 is 0 Å². The molecule has 1 saturated carbocycles. The fraction of sp³-hybridized carbons (Fsp3) is 0.583. The smallest absolute Gasteiger partial charge is 0.167 e. The van der Waals surface area contributed by atoms with Crippen LogP contribution in [0.2, 0.25) is 0 Å². The third kappa shape index (κ3) is 5.22. The molecule has 30 heavy (non-hydrogen) atoms. The molecule has 162 valence electrons. The Balaban J connectivity index is 1.61. The van der Waals surface area contributed by atoms with Crippen molar-refractivity contribution in [1.82, 2.24) is 0 Å². The zero-order valence-electron chi connectivity index (χ0n) is 17.6. The molecule has 3 N–H and O–H groups in total. The molecule has 3 rings (SSSR count). The first-order valence-corrected chi connectivity index (χ1v) is 11.2. The van der Waals surface area contributed by atoms with Crippen molar-refractivity contribution in [2.75, 3.05) is 18.4 Å². The van der Waals surface area contributed by atoms with E-state index in [0.717, 1.165) is 32.4 Å². The van der Waals surface area contributed by atoms with E-state index in [1.807, 2.05) is 6.07 Å². The maximum atomic E-state index is 13.1. The van der Waals surface area contributed by atoms with E-state index in [0.29, 0.717) is 29.7 Å². The second kappa shape index (κ2) is 10.6. The van der Waals surface area contributed by atoms with E-state index in [1.165, 1.54) is 19.3 Å². The number of rotatable bonds is 10. The number of carbonyl (C=O) groups is 4. The molecule has 6 heteroatoms. The van der Waals surface area contributed by atoms with Gasteiger partial charge in [-0.05, 0) is 31.9 Å². The van der Waals surface area contributed by atoms with Gasteiger partial charge >= 0.3 is 0 Å². The highest BCUT2D eigenvalue weighted by molar-refractivity contribution is 6.19. The lowest BCUT2D eigenvalue weighted by Crippen LogP contribution is -2.39. The number of Topliss-reactive ketones (excluding diaryl/α,β-unsaturated/α-hetero) is 4. The van der Waals surface area contributed by atoms with Crippen LogP contribution in [0.5, 0.6) is 0 Å². The van der Waals surface area contributed by atoms with Crippen LogP contribution in [0.1, 0.15) is 84.9 Å². The second-order valence-corrected chi connectivity index (χ2v) is 8.49. The van der Waals surface area contributed by atoms with E-state index >= 15 is 0 Å². The summed E-state index contributed by atoms with van der Waals surface area (Å²) >= 11 is 0. The standard InChI is InChI=1S/C24H32N2O4/c25-12-5-3-1-2-4-6-13-26-20-9-7-8-18-23(20)22(29)15-19(24(18)30)17-11-10-16(27)14-21(17)28/h7-9,17,19,26H,1-6,10-15,25H2. The van der Waals surface area contributed by atoms with Crippen molar-refractivity contribution in [3.05, 3.63) is 29.3 Å². The molecule has 2 atom stereocenters. The molecule has 0 amide bonds. The highest BCUT2D eigenvalue weighted by atomic mass is 16.2. The van der Waals surface area contributed by atoms with Gasteiger partial charge in [0.2, 0.25) is 0 Å². The van der Waals surface area contributed by atoms with Crippen LogP contribution in [0, 0.1) is 11.8 Å². The Morgan fingerprint density at radius 1 is 0.933 bits per heavy atom. The van der Waals surface area contributed by atoms with Gasteiger partial charge in [-0.25, -0.2) is 0 Å². The minimum Gasteiger partial charge on any atom is -0.384 e. The minimum absolute atomic E-state index is 0.0519. The topological polar surface area (TPSA) is 106 Å². The maximum Gasteiger partial charge on any atom is 0.167 e. The normalized spacial score (nSPS) is 21.6. The number of nitrogens with one attached hydrogen (secondary N) is 1. The lowest BCUT2D eigenvalue weighted by Gasteiger charge is -2.31. The first kappa shape index (κ1) is 22.3. The van der Waals surface area contributed by atoms with Gasteiger partial charge in [0.15, 0.2) is 11.6 Å². The van der Waals surface area contributed by atoms with Gasteiger partial charge in [0.25, 0.3) is 0 Å². The molecule has 0 aromatic heterocycles. The Hall–Kier alpha value is -2.34. The van der Waals surface area contributed by atoms with Gasteiger partial charge in [-0.15, -0.1) is 0 Å². The second-order valence-electron chi connectivity index (χ2n) is 8.49. The third-order valence-corrected chi connectivity index (χ3v) is 6.30. The largest absolute Gasteiger partial charge is 0.384 e. The van der Waals surface area contributed by atoms with Crippen molar-refractivity contribution < 1.29 is 19.2 Å². The van der Waals surface area contributed by atoms with Crippen molar-refractivity contribution in [1.29, 1.82) is 0 Å². The first-order chi connectivity index (χ1) is 14.5. The number of hydrogen-bond donors (Lipinski definition) is 2. The molecule has 0 radical (unpaired) electrons. The van der Waals surface area contributed by atoms with Crippen LogP contribution < -0.4 is 11.1 Å². The molecular weight excluding hydrogens is 380 g/mol. The van der Waals surface area contributed by atoms with Gasteiger partial charge in [-0.1, -0.05) is 37.8 Å². The van der Waals surface area contributed by atoms with Crippen LogP contribution in [0.3, 0.4) is 0 Å². The van der Waals surface area contributed by atoms with Gasteiger partial charge < -0.3 is 11.1 Å². The van der Waals surface area contributed by atoms with E-state index in [-0.39, 0.29) is 36.0 Å². The molecule has 1 aromatic carbocycles. The van der Waals surface area contributed by atoms with Crippen LogP contribution in [-0.4, -0.2) is 36.2 Å². The van der Waals surface area contributed by atoms with E-state index in [9.17, 15) is 19.2 Å². The predicted octanol–water partition coefficient (Wildman–Crippen LogP) is 3.72. The number of nitrogens with two attached hydrogens (primary N) is 1. The molecule has 6 nitrogen and oxygen atoms in total. The highest BCUT2D eigenvalue weighted by Gasteiger charge is 2.42. The van der Waals surface area contributed by atoms with E-state index in [2.05, 4.69) is 5.32 Å². The van der Waals surface area contributed by atoms with Gasteiger partial charge in [0.1, 0.15) is 11.6 Å². The number of unbranched alkanes of at least 4 members (excludes halogenated alkanes) is 5. The molecule has 2 aliphatic carbocycles. The van der Waals surface area contributed by atoms with Gasteiger partial charge in [-0.3, -0.25) is 19.2 Å². The number of carbonyl (C=O) groups excluding carboxylic acids is 4. The highest BCUT2D eigenvalue weighted by Crippen LogP contribution is 2.37. The van der Waals surface area contributed by atoms with Crippen LogP contribution in [0.4, 0.5) is 5.69 Å². The summed E-state index contributed by atoms with van der Waals surface area (Å²) in [6.45, 7) is 1.50. The molecular formula is C24H32N2O4. The minimum atomic E-state index is -0.630. The van der Waals surface area contributed by atoms with E-state index in [1.54, 1.807) is 12.1 Å². The molecule has 0 spiro atoms. The summed E-state index contributed by atoms with van der Waals surface area (Å²) in [7, 11) is 0. The van der Waals surface area contributed by atoms with E-state index in [4.69, 9.17) is 5.73 Å². The Bertz CT molecular complexity index is 817. The average molecular weight is 413 g/mol. The summed E-state index contributed by atoms with van der Waals surface area (Å²) < 4.78 is 0. The predicted molar refractivity (Wildman–Crippen MR) is 116 cm³/mol. The Morgan fingerprint density at radius 2 is 1.67 bits per heavy atom. The monoisotopic (exact) mass is 412 g/mol. The molecule has 2 aliphatic rings. The summed E-state index contributed by atoms with van der Waals surface area (Å²) in [6.07, 6.45) is 7.36. The maximum absolute atomic E-state index is 13.1. The quantitative estimate of drug-likeness (QED) is 0.448. The van der Waals surface area contributed by atoms with Crippen molar-refractivity contribution in [3.8, 4) is 0 Å². The first-order valence-electron chi connectivity index (χ1n) is 11.2. The summed E-state index contributed by atoms with van der Waals surface area (Å²) in [5, 5.41) is 3.33. The Morgan fingerprint density at radius 3 is 2.40 bits per heavy atom. The third-order valence-electron chi connectivity index (χ3n) is 6.30. The summed E-state index contributed by atoms with van der Waals surface area (Å²) in [5.41, 5.74) is 7.08. The number of benzene rings is 1. The van der Waals surface area contributed by atoms with Crippen LogP contribution in [-0.2, 0) is 9.59 Å². The lowest BCUT2D eigenvalue weighted by molar-refractivity contribution is -0.133. The number of ketones is 4. The molecule has 1 aromatic rings. The van der Waals surface area contributed by atoms with Crippen LogP contribution in [0.25, 0.3) is 0 Å². The number of anilines is 1. The molecule has 0 aliphatic heterocycles. The van der Waals surface area contributed by atoms with Crippen molar-refractivity contribution in [2.24, 2.45) is 17.6 Å². The fourth-order valence-electron chi connectivity index (χ4n) is 4.64. The lowest BCUT2D eigenvalue weighted by atomic mass is 9.69. The average Bonchev–Trinajstić information content (AvgIpc) is 2.73. The number of fused-ring (bicyclic) bond motifs is 1. The molecule has 1 fully saturated rings.